The van der Waals surface area contributed by atoms with Crippen molar-refractivity contribution in [2.24, 2.45) is 4.99 Å². The summed E-state index contributed by atoms with van der Waals surface area (Å²) in [7, 11) is 0. The lowest BCUT2D eigenvalue weighted by molar-refractivity contribution is -0.356. The molecule has 0 saturated carbocycles. The number of benzene rings is 1. The van der Waals surface area contributed by atoms with Crippen LogP contribution >= 0.6 is 27.5 Å². The van der Waals surface area contributed by atoms with E-state index in [0.29, 0.717) is 16.3 Å². The summed E-state index contributed by atoms with van der Waals surface area (Å²) in [5.74, 6) is -1.47. The van der Waals surface area contributed by atoms with Crippen molar-refractivity contribution in [2.75, 3.05) is 0 Å². The Morgan fingerprint density at radius 1 is 1.35 bits per heavy atom. The molecule has 1 aromatic carbocycles. The number of aliphatic imine (C=N–C) groups is 1. The first kappa shape index (κ1) is 12.1. The number of hydrogen-bond acceptors (Lipinski definition) is 2. The van der Waals surface area contributed by atoms with Crippen LogP contribution in [0, 0.1) is 6.92 Å². The predicted octanol–water partition coefficient (Wildman–Crippen LogP) is 2.26. The summed E-state index contributed by atoms with van der Waals surface area (Å²) in [5, 5.41) is 0.513. The molecule has 0 unspecified atom stereocenters. The Morgan fingerprint density at radius 3 is 2.76 bits per heavy atom. The quantitative estimate of drug-likeness (QED) is 0.590. The number of halogens is 2. The standard InChI is InChI=1S/C11H7BrClN2O2/c1-6-8(3-2-7(12)9(6)13)15-5-4-14-10(16)11(15)17/h2-5H,1H3/q+1. The van der Waals surface area contributed by atoms with Gasteiger partial charge in [0.05, 0.1) is 11.2 Å². The smallest absolute Gasteiger partial charge is 0.255 e. The minimum atomic E-state index is -0.786. The van der Waals surface area contributed by atoms with Gasteiger partial charge >= 0.3 is 11.8 Å². The van der Waals surface area contributed by atoms with E-state index in [1.165, 1.54) is 17.0 Å². The van der Waals surface area contributed by atoms with E-state index in [-0.39, 0.29) is 0 Å². The number of rotatable bonds is 1. The monoisotopic (exact) mass is 313 g/mol. The first-order chi connectivity index (χ1) is 8.02. The Bertz CT molecular complexity index is 593. The Morgan fingerprint density at radius 2 is 2.06 bits per heavy atom. The largest absolute Gasteiger partial charge is 0.485 e. The number of amides is 2. The van der Waals surface area contributed by atoms with Crippen LogP contribution in [-0.4, -0.2) is 28.8 Å². The zero-order chi connectivity index (χ0) is 12.6. The van der Waals surface area contributed by atoms with Gasteiger partial charge in [0.1, 0.15) is 0 Å². The average Bonchev–Trinajstić information content (AvgIpc) is 2.31. The Hall–Kier alpha value is -1.33. The van der Waals surface area contributed by atoms with Gasteiger partial charge in [-0.15, -0.1) is 4.58 Å². The van der Waals surface area contributed by atoms with Gasteiger partial charge in [-0.05, 0) is 28.9 Å². The zero-order valence-corrected chi connectivity index (χ0v) is 11.1. The van der Waals surface area contributed by atoms with E-state index in [1.54, 1.807) is 19.1 Å². The Labute approximate surface area is 111 Å². The predicted molar refractivity (Wildman–Crippen MR) is 68.4 cm³/mol. The van der Waals surface area contributed by atoms with E-state index in [0.717, 1.165) is 4.47 Å². The molecule has 0 N–H and O–H groups in total. The van der Waals surface area contributed by atoms with Crippen molar-refractivity contribution in [3.8, 4) is 0 Å². The molecule has 17 heavy (non-hydrogen) atoms. The van der Waals surface area contributed by atoms with E-state index in [9.17, 15) is 9.59 Å². The van der Waals surface area contributed by atoms with E-state index >= 15 is 0 Å². The van der Waals surface area contributed by atoms with Gasteiger partial charge in [-0.25, -0.2) is 9.79 Å². The van der Waals surface area contributed by atoms with Gasteiger partial charge in [-0.3, -0.25) is 4.79 Å². The van der Waals surface area contributed by atoms with Crippen molar-refractivity contribution in [1.29, 1.82) is 0 Å². The molecule has 2 rings (SSSR count). The van der Waals surface area contributed by atoms with Gasteiger partial charge in [0, 0.05) is 16.1 Å². The molecular weight excluding hydrogens is 307 g/mol. The first-order valence-corrected chi connectivity index (χ1v) is 5.89. The van der Waals surface area contributed by atoms with Gasteiger partial charge in [0.15, 0.2) is 6.21 Å². The minimum Gasteiger partial charge on any atom is -0.255 e. The van der Waals surface area contributed by atoms with Crippen molar-refractivity contribution >= 4 is 57.5 Å². The van der Waals surface area contributed by atoms with E-state index < -0.39 is 11.8 Å². The van der Waals surface area contributed by atoms with Crippen LogP contribution in [-0.2, 0) is 9.59 Å². The summed E-state index contributed by atoms with van der Waals surface area (Å²) >= 11 is 9.36. The molecule has 0 atom stereocenters. The SMILES string of the molecule is Cc1c([N+]2=CC=NC(=O)C2=O)ccc(Br)c1Cl. The number of carbonyl (C=O) groups is 2. The number of carbonyl (C=O) groups excluding carboxylic acids is 2. The topological polar surface area (TPSA) is 49.5 Å². The van der Waals surface area contributed by atoms with Crippen molar-refractivity contribution in [3.05, 3.63) is 27.2 Å². The fourth-order valence-corrected chi connectivity index (χ4v) is 2.08. The van der Waals surface area contributed by atoms with Gasteiger partial charge in [-0.2, -0.15) is 0 Å². The summed E-state index contributed by atoms with van der Waals surface area (Å²) in [5.41, 5.74) is 1.29. The van der Waals surface area contributed by atoms with Crippen LogP contribution in [0.3, 0.4) is 0 Å². The van der Waals surface area contributed by atoms with Crippen molar-refractivity contribution in [3.63, 3.8) is 0 Å². The Balaban J connectivity index is 2.59. The van der Waals surface area contributed by atoms with E-state index in [1.807, 2.05) is 0 Å². The van der Waals surface area contributed by atoms with Crippen LogP contribution in [0.25, 0.3) is 0 Å². The molecule has 1 aliphatic rings. The molecule has 0 bridgehead atoms. The number of nitrogens with zero attached hydrogens (tertiary/aromatic N) is 2. The fourth-order valence-electron chi connectivity index (χ4n) is 1.49. The van der Waals surface area contributed by atoms with Gasteiger partial charge in [0.2, 0.25) is 5.69 Å². The zero-order valence-electron chi connectivity index (χ0n) is 8.78. The van der Waals surface area contributed by atoms with Crippen LogP contribution in [0.1, 0.15) is 5.56 Å². The first-order valence-electron chi connectivity index (χ1n) is 4.72. The highest BCUT2D eigenvalue weighted by molar-refractivity contribution is 9.10. The molecule has 6 heteroatoms. The molecule has 0 aliphatic carbocycles. The second-order valence-corrected chi connectivity index (χ2v) is 4.65. The lowest BCUT2D eigenvalue weighted by Gasteiger charge is -2.06. The lowest BCUT2D eigenvalue weighted by Crippen LogP contribution is -2.29. The second-order valence-electron chi connectivity index (χ2n) is 3.41. The molecule has 0 fully saturated rings. The second kappa shape index (κ2) is 4.50. The van der Waals surface area contributed by atoms with Crippen LogP contribution in [0.15, 0.2) is 21.6 Å². The normalized spacial score (nSPS) is 15.1. The van der Waals surface area contributed by atoms with Crippen LogP contribution in [0.4, 0.5) is 5.69 Å². The molecule has 0 spiro atoms. The van der Waals surface area contributed by atoms with Crippen molar-refractivity contribution in [2.45, 2.75) is 6.92 Å². The van der Waals surface area contributed by atoms with Gasteiger partial charge in [-0.1, -0.05) is 11.6 Å². The molecule has 1 heterocycles. The molecule has 0 saturated heterocycles. The molecule has 0 radical (unpaired) electrons. The van der Waals surface area contributed by atoms with Gasteiger partial charge < -0.3 is 0 Å². The highest BCUT2D eigenvalue weighted by atomic mass is 79.9. The maximum absolute atomic E-state index is 11.7. The summed E-state index contributed by atoms with van der Waals surface area (Å²) in [6.07, 6.45) is 2.73. The van der Waals surface area contributed by atoms with Crippen LogP contribution in [0.5, 0.6) is 0 Å². The number of hydrogen-bond donors (Lipinski definition) is 0. The fraction of sp³-hybridized carbons (Fsp3) is 0.0909. The van der Waals surface area contributed by atoms with Crippen molar-refractivity contribution in [1.82, 2.24) is 0 Å². The van der Waals surface area contributed by atoms with E-state index in [4.69, 9.17) is 11.6 Å². The molecule has 0 aromatic heterocycles. The third kappa shape index (κ3) is 2.08. The van der Waals surface area contributed by atoms with E-state index in [2.05, 4.69) is 20.9 Å². The summed E-state index contributed by atoms with van der Waals surface area (Å²) in [4.78, 5) is 26.2. The van der Waals surface area contributed by atoms with Gasteiger partial charge in [0.25, 0.3) is 0 Å². The van der Waals surface area contributed by atoms with Crippen LogP contribution < -0.4 is 0 Å². The molecule has 4 nitrogen and oxygen atoms in total. The minimum absolute atomic E-state index is 0.513. The molecule has 1 aliphatic heterocycles. The maximum Gasteiger partial charge on any atom is 0.485 e. The van der Waals surface area contributed by atoms with Crippen LogP contribution in [0.2, 0.25) is 5.02 Å². The molecular formula is C11H7BrClN2O2+. The summed E-state index contributed by atoms with van der Waals surface area (Å²) < 4.78 is 1.98. The van der Waals surface area contributed by atoms with Crippen molar-refractivity contribution < 1.29 is 14.2 Å². The molecule has 2 amide bonds. The summed E-state index contributed by atoms with van der Waals surface area (Å²) in [6.45, 7) is 1.78. The highest BCUT2D eigenvalue weighted by Crippen LogP contribution is 2.32. The maximum atomic E-state index is 11.7. The third-order valence-electron chi connectivity index (χ3n) is 2.38. The highest BCUT2D eigenvalue weighted by Gasteiger charge is 2.32. The average molecular weight is 315 g/mol. The third-order valence-corrected chi connectivity index (χ3v) is 3.76. The lowest BCUT2D eigenvalue weighted by atomic mass is 10.2. The summed E-state index contributed by atoms with van der Waals surface area (Å²) in [6, 6.07) is 3.44. The Kier molecular flexibility index (Phi) is 3.22. The molecule has 86 valence electrons. The molecule has 1 aromatic rings.